The summed E-state index contributed by atoms with van der Waals surface area (Å²) < 4.78 is 41.3. The third-order valence-corrected chi connectivity index (χ3v) is 8.63. The predicted molar refractivity (Wildman–Crippen MR) is 136 cm³/mol. The number of halogens is 2. The van der Waals surface area contributed by atoms with E-state index in [0.29, 0.717) is 36.2 Å². The molecule has 1 saturated heterocycles. The van der Waals surface area contributed by atoms with E-state index in [0.717, 1.165) is 59.5 Å². The summed E-state index contributed by atoms with van der Waals surface area (Å²) in [6, 6.07) is 13.5. The maximum atomic E-state index is 15.1. The Morgan fingerprint density at radius 1 is 0.946 bits per heavy atom. The van der Waals surface area contributed by atoms with Crippen LogP contribution in [0.5, 0.6) is 0 Å². The second-order valence-corrected chi connectivity index (χ2v) is 10.4. The van der Waals surface area contributed by atoms with Crippen LogP contribution in [-0.4, -0.2) is 34.0 Å². The fraction of sp³-hybridized carbons (Fsp3) is 0.367. The Morgan fingerprint density at radius 2 is 1.78 bits per heavy atom. The van der Waals surface area contributed by atoms with Crippen LogP contribution >= 0.6 is 0 Å². The van der Waals surface area contributed by atoms with Crippen LogP contribution in [0, 0.1) is 23.5 Å². The minimum Gasteiger partial charge on any atom is -0.347 e. The summed E-state index contributed by atoms with van der Waals surface area (Å²) in [4.78, 5) is 14.6. The summed E-state index contributed by atoms with van der Waals surface area (Å²) in [5, 5.41) is 0.937. The average Bonchev–Trinajstić information content (AvgIpc) is 3.39. The molecule has 0 amide bonds. The zero-order valence-corrected chi connectivity index (χ0v) is 20.6. The van der Waals surface area contributed by atoms with Gasteiger partial charge >= 0.3 is 0 Å². The first-order chi connectivity index (χ1) is 18.0. The average molecular weight is 500 g/mol. The van der Waals surface area contributed by atoms with E-state index in [-0.39, 0.29) is 11.8 Å². The molecule has 4 aromatic rings. The first-order valence-corrected chi connectivity index (χ1v) is 13.0. The predicted octanol–water partition coefficient (Wildman–Crippen LogP) is 6.46. The van der Waals surface area contributed by atoms with E-state index in [2.05, 4.69) is 11.9 Å². The first kappa shape index (κ1) is 22.9. The molecule has 0 radical (unpaired) electrons. The van der Waals surface area contributed by atoms with Crippen molar-refractivity contribution in [2.24, 2.45) is 11.8 Å². The molecule has 7 rings (SSSR count). The van der Waals surface area contributed by atoms with Gasteiger partial charge in [-0.25, -0.2) is 18.7 Å². The van der Waals surface area contributed by atoms with Gasteiger partial charge in [-0.1, -0.05) is 25.1 Å². The zero-order chi connectivity index (χ0) is 25.1. The van der Waals surface area contributed by atoms with Crippen molar-refractivity contribution in [3.05, 3.63) is 77.6 Å². The number of fused-ring (bicyclic) bond motifs is 4. The summed E-state index contributed by atoms with van der Waals surface area (Å²) in [5.41, 5.74) is 4.49. The smallest absolute Gasteiger partial charge is 0.171 e. The zero-order valence-electron chi connectivity index (χ0n) is 20.6. The molecule has 2 aromatic carbocycles. The molecular formula is C30H27F2N3O2. The van der Waals surface area contributed by atoms with E-state index < -0.39 is 17.4 Å². The second-order valence-electron chi connectivity index (χ2n) is 10.4. The number of pyridine rings is 1. The number of rotatable bonds is 2. The molecule has 2 fully saturated rings. The third kappa shape index (κ3) is 3.59. The molecule has 2 aromatic heterocycles. The first-order valence-electron chi connectivity index (χ1n) is 13.0. The van der Waals surface area contributed by atoms with Gasteiger partial charge in [-0.2, -0.15) is 0 Å². The minimum absolute atomic E-state index is 0.189. The maximum absolute atomic E-state index is 15.1. The Hall–Kier alpha value is -3.29. The van der Waals surface area contributed by atoms with Crippen LogP contribution in [-0.2, 0) is 15.9 Å². The van der Waals surface area contributed by atoms with Gasteiger partial charge in [-0.15, -0.1) is 0 Å². The molecule has 188 valence electrons. The topological polar surface area (TPSA) is 57.1 Å². The fourth-order valence-corrected chi connectivity index (χ4v) is 6.82. The van der Waals surface area contributed by atoms with Crippen molar-refractivity contribution in [1.82, 2.24) is 15.0 Å². The van der Waals surface area contributed by atoms with Crippen molar-refractivity contribution in [3.8, 4) is 22.6 Å². The number of nitrogens with zero attached hydrogens (tertiary/aromatic N) is 3. The molecule has 1 spiro atoms. The van der Waals surface area contributed by atoms with Gasteiger partial charge in [0.2, 0.25) is 0 Å². The number of hydrogen-bond acceptors (Lipinski definition) is 5. The molecule has 3 aliphatic rings. The standard InChI is InChI=1S/C30H27F2N3O2/c1-17-19-8-9-24-27(21(19)10-12-30(17)36-14-15-37-30)34-29(22-11-13-33-26-5-3-2-4-20(22)26)35-28(24)23-7-6-18(31)16-25(23)32/h2-7,11,13,16-17,19,21H,8-10,12,14-15H2,1H3. The highest BCUT2D eigenvalue weighted by Crippen LogP contribution is 2.54. The molecule has 3 unspecified atom stereocenters. The molecule has 1 saturated carbocycles. The van der Waals surface area contributed by atoms with Gasteiger partial charge in [0.1, 0.15) is 11.6 Å². The molecule has 3 heterocycles. The van der Waals surface area contributed by atoms with Gasteiger partial charge in [0, 0.05) is 52.6 Å². The Kier molecular flexibility index (Phi) is 5.34. The van der Waals surface area contributed by atoms with Gasteiger partial charge in [-0.05, 0) is 49.4 Å². The second kappa shape index (κ2) is 8.64. The molecule has 3 atom stereocenters. The molecule has 2 aliphatic carbocycles. The highest BCUT2D eigenvalue weighted by molar-refractivity contribution is 5.92. The van der Waals surface area contributed by atoms with Crippen molar-refractivity contribution < 1.29 is 18.3 Å². The minimum atomic E-state index is -0.614. The van der Waals surface area contributed by atoms with Gasteiger partial charge in [0.15, 0.2) is 11.6 Å². The van der Waals surface area contributed by atoms with Crippen molar-refractivity contribution in [1.29, 1.82) is 0 Å². The van der Waals surface area contributed by atoms with Crippen molar-refractivity contribution >= 4 is 10.9 Å². The summed E-state index contributed by atoms with van der Waals surface area (Å²) in [5.74, 6) is -0.450. The van der Waals surface area contributed by atoms with Crippen molar-refractivity contribution in [3.63, 3.8) is 0 Å². The fourth-order valence-electron chi connectivity index (χ4n) is 6.82. The monoisotopic (exact) mass is 499 g/mol. The van der Waals surface area contributed by atoms with E-state index in [1.165, 1.54) is 12.1 Å². The van der Waals surface area contributed by atoms with Crippen LogP contribution in [0.25, 0.3) is 33.5 Å². The largest absolute Gasteiger partial charge is 0.347 e. The molecule has 0 bridgehead atoms. The molecular weight excluding hydrogens is 472 g/mol. The summed E-state index contributed by atoms with van der Waals surface area (Å²) in [7, 11) is 0. The quantitative estimate of drug-likeness (QED) is 0.317. The van der Waals surface area contributed by atoms with Crippen LogP contribution < -0.4 is 0 Å². The normalized spacial score (nSPS) is 24.2. The lowest BCUT2D eigenvalue weighted by Crippen LogP contribution is -2.48. The van der Waals surface area contributed by atoms with Gasteiger partial charge in [-0.3, -0.25) is 4.98 Å². The molecule has 5 nitrogen and oxygen atoms in total. The lowest BCUT2D eigenvalue weighted by molar-refractivity contribution is -0.226. The highest BCUT2D eigenvalue weighted by Gasteiger charge is 2.53. The number of benzene rings is 2. The van der Waals surface area contributed by atoms with E-state index >= 15 is 4.39 Å². The van der Waals surface area contributed by atoms with Crippen molar-refractivity contribution in [2.75, 3.05) is 13.2 Å². The Labute approximate surface area is 213 Å². The Bertz CT molecular complexity index is 1510. The molecule has 37 heavy (non-hydrogen) atoms. The van der Waals surface area contributed by atoms with Crippen LogP contribution in [0.4, 0.5) is 8.78 Å². The van der Waals surface area contributed by atoms with Crippen LogP contribution in [0.15, 0.2) is 54.7 Å². The summed E-state index contributed by atoms with van der Waals surface area (Å²) in [6.07, 6.45) is 5.07. The van der Waals surface area contributed by atoms with E-state index in [4.69, 9.17) is 19.4 Å². The highest BCUT2D eigenvalue weighted by atomic mass is 19.1. The number of ether oxygens (including phenoxy) is 2. The van der Waals surface area contributed by atoms with E-state index in [9.17, 15) is 4.39 Å². The number of hydrogen-bond donors (Lipinski definition) is 0. The number of para-hydroxylation sites is 1. The lowest BCUT2D eigenvalue weighted by atomic mass is 9.63. The molecule has 7 heteroatoms. The Morgan fingerprint density at radius 3 is 2.62 bits per heavy atom. The molecule has 1 aliphatic heterocycles. The summed E-state index contributed by atoms with van der Waals surface area (Å²) in [6.45, 7) is 3.49. The van der Waals surface area contributed by atoms with Gasteiger partial charge < -0.3 is 9.47 Å². The van der Waals surface area contributed by atoms with Crippen LogP contribution in [0.1, 0.15) is 43.4 Å². The van der Waals surface area contributed by atoms with E-state index in [1.807, 2.05) is 30.3 Å². The van der Waals surface area contributed by atoms with Crippen LogP contribution in [0.3, 0.4) is 0 Å². The third-order valence-electron chi connectivity index (χ3n) is 8.63. The van der Waals surface area contributed by atoms with E-state index in [1.54, 1.807) is 6.20 Å². The SMILES string of the molecule is CC1C2CCc3c(-c4ccc(F)cc4F)nc(-c4ccnc5ccccc45)nc3C2CCC12OCCO2. The lowest BCUT2D eigenvalue weighted by Gasteiger charge is -2.48. The summed E-state index contributed by atoms with van der Waals surface area (Å²) >= 11 is 0. The van der Waals surface area contributed by atoms with Crippen LogP contribution in [0.2, 0.25) is 0 Å². The van der Waals surface area contributed by atoms with Gasteiger partial charge in [0.25, 0.3) is 0 Å². The maximum Gasteiger partial charge on any atom is 0.171 e. The molecule has 0 N–H and O–H groups in total. The van der Waals surface area contributed by atoms with Gasteiger partial charge in [0.05, 0.1) is 30.1 Å². The van der Waals surface area contributed by atoms with Crippen molar-refractivity contribution in [2.45, 2.75) is 44.3 Å². The number of aromatic nitrogens is 3. The Balaban J connectivity index is 1.43.